The lowest BCUT2D eigenvalue weighted by Gasteiger charge is -2.21. The zero-order valence-electron chi connectivity index (χ0n) is 16.2. The lowest BCUT2D eigenvalue weighted by atomic mass is 9.88. The molecule has 3 N–H and O–H groups in total. The topological polar surface area (TPSA) is 65.5 Å². The van der Waals surface area contributed by atoms with Crippen LogP contribution in [0, 0.1) is 5.92 Å². The number of amides is 1. The van der Waals surface area contributed by atoms with Crippen LogP contribution in [0.3, 0.4) is 0 Å². The SMILES string of the molecule is CCC(C)NC(=NC)NCc1cccc(NC(=O)C2CCCCC2)c1.I. The first-order chi connectivity index (χ1) is 12.1. The summed E-state index contributed by atoms with van der Waals surface area (Å²) in [6.07, 6.45) is 6.68. The van der Waals surface area contributed by atoms with E-state index in [-0.39, 0.29) is 35.8 Å². The highest BCUT2D eigenvalue weighted by Gasteiger charge is 2.21. The van der Waals surface area contributed by atoms with Gasteiger partial charge in [-0.05, 0) is 43.9 Å². The van der Waals surface area contributed by atoms with E-state index in [0.29, 0.717) is 12.6 Å². The summed E-state index contributed by atoms with van der Waals surface area (Å²) in [4.78, 5) is 16.6. The van der Waals surface area contributed by atoms with E-state index < -0.39 is 0 Å². The van der Waals surface area contributed by atoms with Crippen molar-refractivity contribution >= 4 is 41.5 Å². The Bertz CT molecular complexity index is 585. The number of hydrogen-bond donors (Lipinski definition) is 3. The van der Waals surface area contributed by atoms with Gasteiger partial charge in [0.25, 0.3) is 0 Å². The quantitative estimate of drug-likeness (QED) is 0.329. The first kappa shape index (κ1) is 22.7. The van der Waals surface area contributed by atoms with Gasteiger partial charge in [0, 0.05) is 31.2 Å². The minimum Gasteiger partial charge on any atom is -0.354 e. The molecule has 0 aromatic heterocycles. The molecule has 5 nitrogen and oxygen atoms in total. The lowest BCUT2D eigenvalue weighted by Crippen LogP contribution is -2.41. The van der Waals surface area contributed by atoms with Crippen molar-refractivity contribution in [3.8, 4) is 0 Å². The number of nitrogens with one attached hydrogen (secondary N) is 3. The Morgan fingerprint density at radius 1 is 1.27 bits per heavy atom. The van der Waals surface area contributed by atoms with Crippen LogP contribution in [0.2, 0.25) is 0 Å². The van der Waals surface area contributed by atoms with Crippen LogP contribution in [-0.2, 0) is 11.3 Å². The van der Waals surface area contributed by atoms with Gasteiger partial charge in [-0.2, -0.15) is 0 Å². The summed E-state index contributed by atoms with van der Waals surface area (Å²) in [5, 5.41) is 9.75. The van der Waals surface area contributed by atoms with Gasteiger partial charge in [0.15, 0.2) is 5.96 Å². The van der Waals surface area contributed by atoms with E-state index in [1.807, 2.05) is 18.2 Å². The van der Waals surface area contributed by atoms with E-state index in [1.165, 1.54) is 19.3 Å². The minimum absolute atomic E-state index is 0. The van der Waals surface area contributed by atoms with Gasteiger partial charge in [-0.1, -0.05) is 38.3 Å². The van der Waals surface area contributed by atoms with Crippen LogP contribution >= 0.6 is 24.0 Å². The Morgan fingerprint density at radius 2 is 2.00 bits per heavy atom. The third-order valence-corrected chi connectivity index (χ3v) is 4.85. The van der Waals surface area contributed by atoms with Crippen LogP contribution in [0.5, 0.6) is 0 Å². The molecule has 26 heavy (non-hydrogen) atoms. The number of halogens is 1. The molecule has 0 bridgehead atoms. The number of rotatable bonds is 6. The van der Waals surface area contributed by atoms with Crippen molar-refractivity contribution in [2.24, 2.45) is 10.9 Å². The van der Waals surface area contributed by atoms with Crippen LogP contribution in [0.25, 0.3) is 0 Å². The van der Waals surface area contributed by atoms with Crippen molar-refractivity contribution in [1.29, 1.82) is 0 Å². The van der Waals surface area contributed by atoms with Crippen LogP contribution in [0.4, 0.5) is 5.69 Å². The summed E-state index contributed by atoms with van der Waals surface area (Å²) in [6, 6.07) is 8.41. The van der Waals surface area contributed by atoms with Crippen molar-refractivity contribution < 1.29 is 4.79 Å². The van der Waals surface area contributed by atoms with Crippen LogP contribution in [0.1, 0.15) is 57.9 Å². The van der Waals surface area contributed by atoms with E-state index >= 15 is 0 Å². The molecule has 1 aromatic carbocycles. The Hall–Kier alpha value is -1.31. The normalized spacial score (nSPS) is 16.3. The Labute approximate surface area is 174 Å². The summed E-state index contributed by atoms with van der Waals surface area (Å²) in [6.45, 7) is 4.95. The monoisotopic (exact) mass is 472 g/mol. The summed E-state index contributed by atoms with van der Waals surface area (Å²) >= 11 is 0. The van der Waals surface area contributed by atoms with E-state index in [2.05, 4.69) is 40.9 Å². The molecule has 1 aliphatic rings. The fourth-order valence-corrected chi connectivity index (χ4v) is 3.08. The number of guanidine groups is 1. The number of nitrogens with zero attached hydrogens (tertiary/aromatic N) is 1. The molecular weight excluding hydrogens is 439 g/mol. The van der Waals surface area contributed by atoms with Crippen LogP contribution < -0.4 is 16.0 Å². The van der Waals surface area contributed by atoms with E-state index in [1.54, 1.807) is 7.05 Å². The van der Waals surface area contributed by atoms with Gasteiger partial charge in [0.1, 0.15) is 0 Å². The molecule has 1 aliphatic carbocycles. The molecule has 1 unspecified atom stereocenters. The Balaban J connectivity index is 0.00000338. The second-order valence-electron chi connectivity index (χ2n) is 6.90. The maximum absolute atomic E-state index is 12.4. The standard InChI is InChI=1S/C20H32N4O.HI/c1-4-15(2)23-20(21-3)22-14-16-9-8-12-18(13-16)24-19(25)17-10-6-5-7-11-17;/h8-9,12-13,15,17H,4-7,10-11,14H2,1-3H3,(H,24,25)(H2,21,22,23);1H. The molecule has 0 radical (unpaired) electrons. The summed E-state index contributed by atoms with van der Waals surface area (Å²) in [7, 11) is 1.78. The predicted octanol–water partition coefficient (Wildman–Crippen LogP) is 4.29. The lowest BCUT2D eigenvalue weighted by molar-refractivity contribution is -0.120. The fourth-order valence-electron chi connectivity index (χ4n) is 3.08. The molecule has 0 aliphatic heterocycles. The van der Waals surface area contributed by atoms with Crippen molar-refractivity contribution in [3.63, 3.8) is 0 Å². The van der Waals surface area contributed by atoms with Crippen LogP contribution in [0.15, 0.2) is 29.3 Å². The average molecular weight is 472 g/mol. The molecule has 1 fully saturated rings. The summed E-state index contributed by atoms with van der Waals surface area (Å²) < 4.78 is 0. The molecule has 0 saturated heterocycles. The van der Waals surface area contributed by atoms with Gasteiger partial charge in [0.05, 0.1) is 0 Å². The second-order valence-corrected chi connectivity index (χ2v) is 6.90. The van der Waals surface area contributed by atoms with Gasteiger partial charge < -0.3 is 16.0 Å². The number of carbonyl (C=O) groups excluding carboxylic acids is 1. The summed E-state index contributed by atoms with van der Waals surface area (Å²) in [5.74, 6) is 1.14. The van der Waals surface area contributed by atoms with Crippen molar-refractivity contribution in [1.82, 2.24) is 10.6 Å². The molecular formula is C20H33IN4O. The Kier molecular flexibility index (Phi) is 10.6. The number of carbonyl (C=O) groups is 1. The number of anilines is 1. The molecule has 0 spiro atoms. The summed E-state index contributed by atoms with van der Waals surface area (Å²) in [5.41, 5.74) is 1.99. The molecule has 1 saturated carbocycles. The zero-order valence-corrected chi connectivity index (χ0v) is 18.5. The van der Waals surface area contributed by atoms with Gasteiger partial charge in [-0.25, -0.2) is 0 Å². The molecule has 6 heteroatoms. The second kappa shape index (κ2) is 12.1. The first-order valence-corrected chi connectivity index (χ1v) is 9.49. The number of aliphatic imine (C=N–C) groups is 1. The van der Waals surface area contributed by atoms with Gasteiger partial charge in [0.2, 0.25) is 5.91 Å². The van der Waals surface area contributed by atoms with Crippen LogP contribution in [-0.4, -0.2) is 25.0 Å². The largest absolute Gasteiger partial charge is 0.354 e. The van der Waals surface area contributed by atoms with Crippen molar-refractivity contribution in [2.75, 3.05) is 12.4 Å². The van der Waals surface area contributed by atoms with Gasteiger partial charge in [-0.15, -0.1) is 24.0 Å². The van der Waals surface area contributed by atoms with Crippen molar-refractivity contribution in [3.05, 3.63) is 29.8 Å². The molecule has 2 rings (SSSR count). The van der Waals surface area contributed by atoms with Gasteiger partial charge in [-0.3, -0.25) is 9.79 Å². The average Bonchev–Trinajstić information content (AvgIpc) is 2.65. The smallest absolute Gasteiger partial charge is 0.227 e. The molecule has 1 aromatic rings. The number of hydrogen-bond acceptors (Lipinski definition) is 2. The third-order valence-electron chi connectivity index (χ3n) is 4.85. The highest BCUT2D eigenvalue weighted by atomic mass is 127. The molecule has 146 valence electrons. The highest BCUT2D eigenvalue weighted by Crippen LogP contribution is 2.25. The fraction of sp³-hybridized carbons (Fsp3) is 0.600. The molecule has 0 heterocycles. The first-order valence-electron chi connectivity index (χ1n) is 9.49. The zero-order chi connectivity index (χ0) is 18.1. The maximum Gasteiger partial charge on any atom is 0.227 e. The predicted molar refractivity (Wildman–Crippen MR) is 120 cm³/mol. The molecule has 1 amide bonds. The van der Waals surface area contributed by atoms with E-state index in [4.69, 9.17) is 0 Å². The Morgan fingerprint density at radius 3 is 2.65 bits per heavy atom. The maximum atomic E-state index is 12.4. The van der Waals surface area contributed by atoms with E-state index in [9.17, 15) is 4.79 Å². The highest BCUT2D eigenvalue weighted by molar-refractivity contribution is 14.0. The van der Waals surface area contributed by atoms with Gasteiger partial charge >= 0.3 is 0 Å². The van der Waals surface area contributed by atoms with E-state index in [0.717, 1.165) is 36.5 Å². The molecule has 1 atom stereocenters. The third kappa shape index (κ3) is 7.51. The number of benzene rings is 1. The van der Waals surface area contributed by atoms with Crippen molar-refractivity contribution in [2.45, 2.75) is 65.0 Å². The minimum atomic E-state index is 0.